The molecular weight excluding hydrogens is 374 g/mol. The predicted molar refractivity (Wildman–Crippen MR) is 112 cm³/mol. The SMILES string of the molecule is Cc1sc2nc(CN3CCOCC3)nc(N3CCCC3C(=O)N(C)C)c2c1C. The van der Waals surface area contributed by atoms with Crippen LogP contribution in [0.5, 0.6) is 0 Å². The van der Waals surface area contributed by atoms with E-state index in [2.05, 4.69) is 23.6 Å². The maximum atomic E-state index is 12.8. The summed E-state index contributed by atoms with van der Waals surface area (Å²) in [5, 5.41) is 1.12. The number of rotatable bonds is 4. The zero-order valence-electron chi connectivity index (χ0n) is 17.2. The summed E-state index contributed by atoms with van der Waals surface area (Å²) in [4.78, 5) is 31.2. The molecule has 8 heteroatoms. The minimum atomic E-state index is -0.135. The minimum Gasteiger partial charge on any atom is -0.379 e. The lowest BCUT2D eigenvalue weighted by Gasteiger charge is -2.29. The van der Waals surface area contributed by atoms with E-state index in [1.54, 1.807) is 16.2 Å². The van der Waals surface area contributed by atoms with Crippen molar-refractivity contribution in [2.24, 2.45) is 0 Å². The van der Waals surface area contributed by atoms with Gasteiger partial charge in [0.05, 0.1) is 25.1 Å². The molecule has 28 heavy (non-hydrogen) atoms. The van der Waals surface area contributed by atoms with Crippen molar-refractivity contribution in [1.29, 1.82) is 0 Å². The zero-order valence-corrected chi connectivity index (χ0v) is 18.0. The Morgan fingerprint density at radius 3 is 2.68 bits per heavy atom. The second kappa shape index (κ2) is 7.93. The molecule has 1 unspecified atom stereocenters. The molecule has 0 spiro atoms. The second-order valence-corrected chi connectivity index (χ2v) is 9.10. The van der Waals surface area contributed by atoms with Crippen molar-refractivity contribution in [3.05, 3.63) is 16.3 Å². The van der Waals surface area contributed by atoms with Crippen LogP contribution in [0.15, 0.2) is 0 Å². The lowest BCUT2D eigenvalue weighted by molar-refractivity contribution is -0.129. The molecule has 0 aliphatic carbocycles. The van der Waals surface area contributed by atoms with Crippen LogP contribution in [0.3, 0.4) is 0 Å². The quantitative estimate of drug-likeness (QED) is 0.780. The Bertz CT molecular complexity index is 875. The molecule has 0 radical (unpaired) electrons. The molecule has 0 N–H and O–H groups in total. The smallest absolute Gasteiger partial charge is 0.244 e. The summed E-state index contributed by atoms with van der Waals surface area (Å²) in [6.07, 6.45) is 1.89. The molecule has 4 rings (SSSR count). The van der Waals surface area contributed by atoms with E-state index in [9.17, 15) is 4.79 Å². The third kappa shape index (κ3) is 3.60. The van der Waals surface area contributed by atoms with Crippen molar-refractivity contribution in [3.8, 4) is 0 Å². The molecule has 4 heterocycles. The summed E-state index contributed by atoms with van der Waals surface area (Å²) < 4.78 is 5.46. The molecule has 1 amide bonds. The van der Waals surface area contributed by atoms with Crippen LogP contribution in [0, 0.1) is 13.8 Å². The van der Waals surface area contributed by atoms with Gasteiger partial charge in [0.25, 0.3) is 0 Å². The lowest BCUT2D eigenvalue weighted by atomic mass is 10.1. The summed E-state index contributed by atoms with van der Waals surface area (Å²) >= 11 is 1.73. The highest BCUT2D eigenvalue weighted by Gasteiger charge is 2.34. The van der Waals surface area contributed by atoms with E-state index in [1.165, 1.54) is 10.4 Å². The Balaban J connectivity index is 1.75. The van der Waals surface area contributed by atoms with Crippen LogP contribution in [-0.2, 0) is 16.1 Å². The van der Waals surface area contributed by atoms with E-state index in [0.29, 0.717) is 0 Å². The Labute approximate surface area is 170 Å². The Hall–Kier alpha value is -1.77. The predicted octanol–water partition coefficient (Wildman–Crippen LogP) is 2.20. The monoisotopic (exact) mass is 403 g/mol. The first kappa shape index (κ1) is 19.5. The van der Waals surface area contributed by atoms with E-state index >= 15 is 0 Å². The van der Waals surface area contributed by atoms with Crippen LogP contribution in [0.25, 0.3) is 10.2 Å². The average Bonchev–Trinajstić information content (AvgIpc) is 3.26. The van der Waals surface area contributed by atoms with Gasteiger partial charge in [-0.15, -0.1) is 11.3 Å². The topological polar surface area (TPSA) is 61.8 Å². The number of anilines is 1. The van der Waals surface area contributed by atoms with Crippen molar-refractivity contribution in [3.63, 3.8) is 0 Å². The summed E-state index contributed by atoms with van der Waals surface area (Å²) in [6.45, 7) is 9.20. The lowest BCUT2D eigenvalue weighted by Crippen LogP contribution is -2.43. The molecule has 2 fully saturated rings. The molecule has 7 nitrogen and oxygen atoms in total. The van der Waals surface area contributed by atoms with Crippen LogP contribution in [0.4, 0.5) is 5.82 Å². The van der Waals surface area contributed by atoms with Gasteiger partial charge in [0.15, 0.2) is 0 Å². The van der Waals surface area contributed by atoms with Crippen molar-refractivity contribution in [2.45, 2.75) is 39.3 Å². The Morgan fingerprint density at radius 1 is 1.21 bits per heavy atom. The first-order chi connectivity index (χ1) is 13.5. The van der Waals surface area contributed by atoms with Gasteiger partial charge in [0.1, 0.15) is 22.5 Å². The van der Waals surface area contributed by atoms with Gasteiger partial charge in [-0.1, -0.05) is 0 Å². The molecule has 0 bridgehead atoms. The number of hydrogen-bond donors (Lipinski definition) is 0. The third-order valence-corrected chi connectivity index (χ3v) is 6.88. The summed E-state index contributed by atoms with van der Waals surface area (Å²) in [5.41, 5.74) is 1.23. The normalized spacial score (nSPS) is 20.9. The molecule has 0 saturated carbocycles. The van der Waals surface area contributed by atoms with Gasteiger partial charge in [-0.25, -0.2) is 9.97 Å². The highest BCUT2D eigenvalue weighted by atomic mass is 32.1. The number of thiophene rings is 1. The van der Waals surface area contributed by atoms with E-state index < -0.39 is 0 Å². The number of morpholine rings is 1. The van der Waals surface area contributed by atoms with Gasteiger partial charge in [0.2, 0.25) is 5.91 Å². The largest absolute Gasteiger partial charge is 0.379 e. The van der Waals surface area contributed by atoms with Gasteiger partial charge in [0, 0.05) is 38.6 Å². The van der Waals surface area contributed by atoms with Gasteiger partial charge in [-0.05, 0) is 32.3 Å². The number of carbonyl (C=O) groups excluding carboxylic acids is 1. The van der Waals surface area contributed by atoms with Crippen LogP contribution in [-0.4, -0.2) is 78.7 Å². The second-order valence-electron chi connectivity index (χ2n) is 7.90. The number of aromatic nitrogens is 2. The fraction of sp³-hybridized carbons (Fsp3) is 0.650. The van der Waals surface area contributed by atoms with E-state index in [1.807, 2.05) is 14.1 Å². The van der Waals surface area contributed by atoms with E-state index in [0.717, 1.165) is 74.1 Å². The Morgan fingerprint density at radius 2 is 1.96 bits per heavy atom. The molecule has 2 aliphatic heterocycles. The maximum Gasteiger partial charge on any atom is 0.244 e. The molecule has 1 atom stereocenters. The van der Waals surface area contributed by atoms with Crippen molar-refractivity contribution < 1.29 is 9.53 Å². The van der Waals surface area contributed by atoms with Gasteiger partial charge in [-0.2, -0.15) is 0 Å². The fourth-order valence-electron chi connectivity index (χ4n) is 4.08. The third-order valence-electron chi connectivity index (χ3n) is 5.78. The molecular formula is C20H29N5O2S. The van der Waals surface area contributed by atoms with Crippen LogP contribution < -0.4 is 4.90 Å². The molecule has 2 aromatic rings. The maximum absolute atomic E-state index is 12.8. The van der Waals surface area contributed by atoms with Crippen molar-refractivity contribution >= 4 is 33.3 Å². The Kier molecular flexibility index (Phi) is 5.53. The molecule has 2 saturated heterocycles. The van der Waals surface area contributed by atoms with Gasteiger partial charge >= 0.3 is 0 Å². The molecule has 2 aliphatic rings. The highest BCUT2D eigenvalue weighted by Crippen LogP contribution is 2.38. The number of aryl methyl sites for hydroxylation is 2. The van der Waals surface area contributed by atoms with Gasteiger partial charge in [-0.3, -0.25) is 9.69 Å². The number of carbonyl (C=O) groups is 1. The van der Waals surface area contributed by atoms with Crippen LogP contribution in [0.1, 0.15) is 29.1 Å². The summed E-state index contributed by atoms with van der Waals surface area (Å²) in [6, 6.07) is -0.135. The molecule has 152 valence electrons. The minimum absolute atomic E-state index is 0.135. The van der Waals surface area contributed by atoms with Gasteiger partial charge < -0.3 is 14.5 Å². The number of amides is 1. The standard InChI is InChI=1S/C20H29N5O2S/c1-13-14(2)28-19-17(13)18(25-7-5-6-15(25)20(26)23(3)4)21-16(22-19)12-24-8-10-27-11-9-24/h15H,5-12H2,1-4H3. The summed E-state index contributed by atoms with van der Waals surface area (Å²) in [7, 11) is 3.66. The number of fused-ring (bicyclic) bond motifs is 1. The van der Waals surface area contributed by atoms with Crippen molar-refractivity contribution in [1.82, 2.24) is 19.8 Å². The number of nitrogens with zero attached hydrogens (tertiary/aromatic N) is 5. The van der Waals surface area contributed by atoms with E-state index in [4.69, 9.17) is 14.7 Å². The first-order valence-corrected chi connectivity index (χ1v) is 10.8. The number of ether oxygens (including phenoxy) is 1. The van der Waals surface area contributed by atoms with Crippen LogP contribution in [0.2, 0.25) is 0 Å². The van der Waals surface area contributed by atoms with E-state index in [-0.39, 0.29) is 11.9 Å². The molecule has 2 aromatic heterocycles. The van der Waals surface area contributed by atoms with Crippen molar-refractivity contribution in [2.75, 3.05) is 51.8 Å². The zero-order chi connectivity index (χ0) is 19.8. The number of hydrogen-bond acceptors (Lipinski definition) is 7. The highest BCUT2D eigenvalue weighted by molar-refractivity contribution is 7.18. The number of likely N-dealkylation sites (N-methyl/N-ethyl adjacent to an activating group) is 1. The first-order valence-electron chi connectivity index (χ1n) is 10.00. The summed E-state index contributed by atoms with van der Waals surface area (Å²) in [5.74, 6) is 1.94. The molecule has 0 aromatic carbocycles. The fourth-order valence-corrected chi connectivity index (χ4v) is 5.13. The van der Waals surface area contributed by atoms with Crippen LogP contribution >= 0.6 is 11.3 Å². The average molecular weight is 404 g/mol.